The summed E-state index contributed by atoms with van der Waals surface area (Å²) >= 11 is 0. The van der Waals surface area contributed by atoms with Crippen molar-refractivity contribution in [1.29, 1.82) is 0 Å². The smallest absolute Gasteiger partial charge is 0.307 e. The van der Waals surface area contributed by atoms with Crippen molar-refractivity contribution >= 4 is 5.97 Å². The molecule has 1 aliphatic rings. The quantitative estimate of drug-likeness (QED) is 0.788. The molecule has 1 saturated heterocycles. The van der Waals surface area contributed by atoms with Gasteiger partial charge in [-0.25, -0.2) is 0 Å². The number of hydrogen-bond acceptors (Lipinski definition) is 3. The molecular weight excluding hydrogens is 228 g/mol. The van der Waals surface area contributed by atoms with E-state index in [0.717, 1.165) is 19.6 Å². The summed E-state index contributed by atoms with van der Waals surface area (Å²) in [6, 6.07) is 0.563. The van der Waals surface area contributed by atoms with Crippen LogP contribution in [0.4, 0.5) is 0 Å². The van der Waals surface area contributed by atoms with Crippen molar-refractivity contribution in [2.24, 2.45) is 5.92 Å². The van der Waals surface area contributed by atoms with Crippen LogP contribution in [-0.2, 0) is 4.79 Å². The van der Waals surface area contributed by atoms with E-state index >= 15 is 0 Å². The largest absolute Gasteiger partial charge is 0.481 e. The maximum atomic E-state index is 11.0. The summed E-state index contributed by atoms with van der Waals surface area (Å²) in [6.07, 6.45) is 3.61. The topological polar surface area (TPSA) is 43.8 Å². The third-order valence-electron chi connectivity index (χ3n) is 4.09. The predicted molar refractivity (Wildman–Crippen MR) is 73.8 cm³/mol. The lowest BCUT2D eigenvalue weighted by Gasteiger charge is -2.31. The standard InChI is InChI=1S/C14H28N2O2/c1-4-15-9-6-7-13(8-10-15)16(5-2)11-12(3)14(17)18/h12-13H,4-11H2,1-3H3,(H,17,18). The molecule has 106 valence electrons. The number of rotatable bonds is 6. The Morgan fingerprint density at radius 2 is 2.11 bits per heavy atom. The fourth-order valence-corrected chi connectivity index (χ4v) is 2.79. The molecule has 0 radical (unpaired) electrons. The first-order valence-electron chi connectivity index (χ1n) is 7.27. The monoisotopic (exact) mass is 256 g/mol. The molecule has 18 heavy (non-hydrogen) atoms. The van der Waals surface area contributed by atoms with E-state index in [1.807, 2.05) is 0 Å². The van der Waals surface area contributed by atoms with Gasteiger partial charge >= 0.3 is 5.97 Å². The normalized spacial score (nSPS) is 23.9. The molecule has 2 unspecified atom stereocenters. The number of carboxylic acid groups (broad SMARTS) is 1. The molecule has 0 spiro atoms. The molecular formula is C14H28N2O2. The van der Waals surface area contributed by atoms with Gasteiger partial charge in [-0.15, -0.1) is 0 Å². The number of hydrogen-bond donors (Lipinski definition) is 1. The molecule has 0 aromatic heterocycles. The van der Waals surface area contributed by atoms with Crippen molar-refractivity contribution in [2.45, 2.75) is 46.1 Å². The second-order valence-corrected chi connectivity index (χ2v) is 5.35. The SMILES string of the molecule is CCN1CCCC(N(CC)CC(C)C(=O)O)CC1. The second-order valence-electron chi connectivity index (χ2n) is 5.35. The van der Waals surface area contributed by atoms with E-state index in [1.54, 1.807) is 6.92 Å². The van der Waals surface area contributed by atoms with Crippen LogP contribution in [0.2, 0.25) is 0 Å². The van der Waals surface area contributed by atoms with Crippen LogP contribution in [0, 0.1) is 5.92 Å². The van der Waals surface area contributed by atoms with Gasteiger partial charge in [0.05, 0.1) is 5.92 Å². The first-order valence-corrected chi connectivity index (χ1v) is 7.27. The molecule has 4 heteroatoms. The summed E-state index contributed by atoms with van der Waals surface area (Å²) in [4.78, 5) is 15.8. The van der Waals surface area contributed by atoms with Crippen LogP contribution in [0.5, 0.6) is 0 Å². The second kappa shape index (κ2) is 7.74. The van der Waals surface area contributed by atoms with Gasteiger partial charge in [-0.1, -0.05) is 20.8 Å². The number of nitrogens with zero attached hydrogens (tertiary/aromatic N) is 2. The fraction of sp³-hybridized carbons (Fsp3) is 0.929. The van der Waals surface area contributed by atoms with Gasteiger partial charge in [0.25, 0.3) is 0 Å². The molecule has 0 aromatic carbocycles. The molecule has 0 saturated carbocycles. The average molecular weight is 256 g/mol. The Kier molecular flexibility index (Phi) is 6.65. The van der Waals surface area contributed by atoms with Crippen LogP contribution in [0.1, 0.15) is 40.0 Å². The van der Waals surface area contributed by atoms with Crippen molar-refractivity contribution in [3.8, 4) is 0 Å². The van der Waals surface area contributed by atoms with E-state index in [2.05, 4.69) is 23.6 Å². The summed E-state index contributed by atoms with van der Waals surface area (Å²) in [5.74, 6) is -0.951. The molecule has 0 aliphatic carbocycles. The molecule has 0 aromatic rings. The minimum Gasteiger partial charge on any atom is -0.481 e. The van der Waals surface area contributed by atoms with Gasteiger partial charge in [-0.05, 0) is 45.4 Å². The molecule has 1 heterocycles. The van der Waals surface area contributed by atoms with Crippen molar-refractivity contribution in [3.05, 3.63) is 0 Å². The minimum atomic E-state index is -0.683. The van der Waals surface area contributed by atoms with Gasteiger partial charge in [-0.3, -0.25) is 9.69 Å². The van der Waals surface area contributed by atoms with E-state index in [9.17, 15) is 4.79 Å². The first-order chi connectivity index (χ1) is 8.58. The number of carboxylic acids is 1. The zero-order valence-corrected chi connectivity index (χ0v) is 12.1. The maximum Gasteiger partial charge on any atom is 0.307 e. The highest BCUT2D eigenvalue weighted by molar-refractivity contribution is 5.69. The number of likely N-dealkylation sites (tertiary alicyclic amines) is 1. The van der Waals surface area contributed by atoms with Gasteiger partial charge < -0.3 is 10.0 Å². The summed E-state index contributed by atoms with van der Waals surface area (Å²) in [5.41, 5.74) is 0. The van der Waals surface area contributed by atoms with Crippen LogP contribution in [0.3, 0.4) is 0 Å². The van der Waals surface area contributed by atoms with Crippen molar-refractivity contribution in [2.75, 3.05) is 32.7 Å². The third kappa shape index (κ3) is 4.58. The predicted octanol–water partition coefficient (Wildman–Crippen LogP) is 1.90. The molecule has 1 fully saturated rings. The van der Waals surface area contributed by atoms with Crippen LogP contribution in [0.15, 0.2) is 0 Å². The van der Waals surface area contributed by atoms with E-state index in [4.69, 9.17) is 5.11 Å². The highest BCUT2D eigenvalue weighted by Gasteiger charge is 2.24. The third-order valence-corrected chi connectivity index (χ3v) is 4.09. The van der Waals surface area contributed by atoms with Crippen LogP contribution in [-0.4, -0.2) is 59.6 Å². The summed E-state index contributed by atoms with van der Waals surface area (Å²) in [6.45, 7) is 11.3. The van der Waals surface area contributed by atoms with Crippen LogP contribution >= 0.6 is 0 Å². The molecule has 0 amide bonds. The van der Waals surface area contributed by atoms with Crippen LogP contribution < -0.4 is 0 Å². The Bertz CT molecular complexity index is 258. The minimum absolute atomic E-state index is 0.268. The van der Waals surface area contributed by atoms with Crippen molar-refractivity contribution in [3.63, 3.8) is 0 Å². The van der Waals surface area contributed by atoms with Crippen molar-refractivity contribution in [1.82, 2.24) is 9.80 Å². The Balaban J connectivity index is 2.51. The highest BCUT2D eigenvalue weighted by atomic mass is 16.4. The van der Waals surface area contributed by atoms with E-state index in [-0.39, 0.29) is 5.92 Å². The number of aliphatic carboxylic acids is 1. The van der Waals surface area contributed by atoms with Crippen molar-refractivity contribution < 1.29 is 9.90 Å². The lowest BCUT2D eigenvalue weighted by atomic mass is 10.0. The lowest BCUT2D eigenvalue weighted by Crippen LogP contribution is -2.40. The molecule has 4 nitrogen and oxygen atoms in total. The fourth-order valence-electron chi connectivity index (χ4n) is 2.79. The van der Waals surface area contributed by atoms with Gasteiger partial charge in [-0.2, -0.15) is 0 Å². The van der Waals surface area contributed by atoms with E-state index < -0.39 is 5.97 Å². The highest BCUT2D eigenvalue weighted by Crippen LogP contribution is 2.18. The molecule has 1 rings (SSSR count). The van der Waals surface area contributed by atoms with Gasteiger partial charge in [0.15, 0.2) is 0 Å². The Morgan fingerprint density at radius 3 is 2.67 bits per heavy atom. The summed E-state index contributed by atoms with van der Waals surface area (Å²) in [7, 11) is 0. The Labute approximate surface area is 111 Å². The molecule has 1 N–H and O–H groups in total. The molecule has 2 atom stereocenters. The Hall–Kier alpha value is -0.610. The van der Waals surface area contributed by atoms with Gasteiger partial charge in [0, 0.05) is 12.6 Å². The van der Waals surface area contributed by atoms with Crippen LogP contribution in [0.25, 0.3) is 0 Å². The zero-order valence-electron chi connectivity index (χ0n) is 12.1. The first kappa shape index (κ1) is 15.4. The van der Waals surface area contributed by atoms with Gasteiger partial charge in [0.1, 0.15) is 0 Å². The average Bonchev–Trinajstić information content (AvgIpc) is 2.60. The summed E-state index contributed by atoms with van der Waals surface area (Å²) in [5, 5.41) is 9.03. The maximum absolute atomic E-state index is 11.0. The zero-order chi connectivity index (χ0) is 13.5. The summed E-state index contributed by atoms with van der Waals surface area (Å²) < 4.78 is 0. The lowest BCUT2D eigenvalue weighted by molar-refractivity contribution is -0.141. The number of carbonyl (C=O) groups is 1. The van der Waals surface area contributed by atoms with E-state index in [1.165, 1.54) is 25.8 Å². The molecule has 0 bridgehead atoms. The van der Waals surface area contributed by atoms with E-state index in [0.29, 0.717) is 12.6 Å². The molecule has 1 aliphatic heterocycles. The Morgan fingerprint density at radius 1 is 1.39 bits per heavy atom. The van der Waals surface area contributed by atoms with Gasteiger partial charge in [0.2, 0.25) is 0 Å².